The van der Waals surface area contributed by atoms with Crippen LogP contribution in [-0.2, 0) is 21.2 Å². The van der Waals surface area contributed by atoms with Crippen LogP contribution in [-0.4, -0.2) is 35.6 Å². The van der Waals surface area contributed by atoms with Crippen LogP contribution in [0.4, 0.5) is 0 Å². The molecule has 0 saturated heterocycles. The Bertz CT molecular complexity index is 1360. The van der Waals surface area contributed by atoms with E-state index < -0.39 is 16.0 Å². The number of hydrogen-bond donors (Lipinski definition) is 1. The zero-order valence-corrected chi connectivity index (χ0v) is 18.0. The molecule has 4 rings (SSSR count). The van der Waals surface area contributed by atoms with Crippen LogP contribution >= 0.6 is 0 Å². The Hall–Kier alpha value is -3.85. The number of carboxylic acids is 1. The van der Waals surface area contributed by atoms with E-state index in [1.54, 1.807) is 54.9 Å². The van der Waals surface area contributed by atoms with Gasteiger partial charge in [-0.25, -0.2) is 12.4 Å². The summed E-state index contributed by atoms with van der Waals surface area (Å²) in [5.74, 6) is 0.611. The summed E-state index contributed by atoms with van der Waals surface area (Å²) in [5, 5.41) is 9.69. The molecule has 0 aliphatic rings. The van der Waals surface area contributed by atoms with E-state index in [2.05, 4.69) is 4.98 Å². The van der Waals surface area contributed by atoms with Crippen molar-refractivity contribution >= 4 is 26.9 Å². The van der Waals surface area contributed by atoms with Crippen LogP contribution in [0.15, 0.2) is 78.1 Å². The van der Waals surface area contributed by atoms with E-state index in [1.165, 1.54) is 29.4 Å². The quantitative estimate of drug-likeness (QED) is 0.429. The molecule has 0 aliphatic carbocycles. The van der Waals surface area contributed by atoms with E-state index in [0.29, 0.717) is 33.7 Å². The Kier molecular flexibility index (Phi) is 5.83. The molecule has 4 aromatic rings. The highest BCUT2D eigenvalue weighted by Crippen LogP contribution is 2.31. The van der Waals surface area contributed by atoms with E-state index in [0.717, 1.165) is 0 Å². The average molecular weight is 452 g/mol. The van der Waals surface area contributed by atoms with Crippen molar-refractivity contribution in [2.45, 2.75) is 17.7 Å². The minimum absolute atomic E-state index is 0.0774. The fraction of sp³-hybridized carbons (Fsp3) is 0.130. The minimum Gasteiger partial charge on any atom is -0.497 e. The SMILES string of the molecule is COc1ccc2c(c1)c(CCC(=O)O)cn2S(=O)(=O)c1ccc(Oc2cccnc2)cc1. The van der Waals surface area contributed by atoms with Gasteiger partial charge in [0, 0.05) is 24.2 Å². The first-order chi connectivity index (χ1) is 15.4. The highest BCUT2D eigenvalue weighted by Gasteiger charge is 2.22. The smallest absolute Gasteiger partial charge is 0.303 e. The first-order valence-corrected chi connectivity index (χ1v) is 11.2. The second-order valence-electron chi connectivity index (χ2n) is 6.99. The molecule has 32 heavy (non-hydrogen) atoms. The molecule has 0 bridgehead atoms. The number of aromatic nitrogens is 2. The van der Waals surface area contributed by atoms with Gasteiger partial charge in [-0.15, -0.1) is 0 Å². The van der Waals surface area contributed by atoms with E-state index in [1.807, 2.05) is 0 Å². The van der Waals surface area contributed by atoms with Crippen molar-refractivity contribution in [1.82, 2.24) is 8.96 Å². The van der Waals surface area contributed by atoms with E-state index in [9.17, 15) is 13.2 Å². The number of aryl methyl sites for hydroxylation is 1. The summed E-state index contributed by atoms with van der Waals surface area (Å²) >= 11 is 0. The minimum atomic E-state index is -3.93. The van der Waals surface area contributed by atoms with Gasteiger partial charge in [0.05, 0.1) is 23.7 Å². The Morgan fingerprint density at radius 2 is 1.81 bits per heavy atom. The molecular weight excluding hydrogens is 432 g/mol. The number of carbonyl (C=O) groups is 1. The van der Waals surface area contributed by atoms with Gasteiger partial charge in [-0.05, 0) is 66.6 Å². The maximum atomic E-state index is 13.4. The molecule has 2 heterocycles. The lowest BCUT2D eigenvalue weighted by Gasteiger charge is -2.09. The summed E-state index contributed by atoms with van der Waals surface area (Å²) in [6.45, 7) is 0. The molecule has 2 aromatic heterocycles. The third-order valence-electron chi connectivity index (χ3n) is 4.92. The van der Waals surface area contributed by atoms with Gasteiger partial charge in [-0.1, -0.05) is 0 Å². The van der Waals surface area contributed by atoms with E-state index in [-0.39, 0.29) is 17.7 Å². The zero-order valence-electron chi connectivity index (χ0n) is 17.1. The van der Waals surface area contributed by atoms with Crippen molar-refractivity contribution < 1.29 is 27.8 Å². The van der Waals surface area contributed by atoms with Crippen LogP contribution in [0.1, 0.15) is 12.0 Å². The second kappa shape index (κ2) is 8.72. The summed E-state index contributed by atoms with van der Waals surface area (Å²) in [5.41, 5.74) is 1.06. The highest BCUT2D eigenvalue weighted by atomic mass is 32.2. The standard InChI is InChI=1S/C23H20N2O6S/c1-30-18-7-10-22-21(13-18)16(4-11-23(26)27)15-25(22)32(28,29)20-8-5-17(6-9-20)31-19-3-2-12-24-14-19/h2-3,5-10,12-15H,4,11H2,1H3,(H,26,27). The number of aliphatic carboxylic acids is 1. The van der Waals surface area contributed by atoms with Crippen molar-refractivity contribution in [2.24, 2.45) is 0 Å². The van der Waals surface area contributed by atoms with Crippen molar-refractivity contribution in [3.8, 4) is 17.2 Å². The molecule has 0 fully saturated rings. The third-order valence-corrected chi connectivity index (χ3v) is 6.61. The van der Waals surface area contributed by atoms with Crippen LogP contribution in [0.3, 0.4) is 0 Å². The van der Waals surface area contributed by atoms with E-state index in [4.69, 9.17) is 14.6 Å². The fourth-order valence-electron chi connectivity index (χ4n) is 3.35. The van der Waals surface area contributed by atoms with Crippen molar-refractivity contribution in [3.05, 3.63) is 78.8 Å². The van der Waals surface area contributed by atoms with Gasteiger partial charge < -0.3 is 14.6 Å². The Labute approximate surface area is 184 Å². The normalized spacial score (nSPS) is 11.4. The molecular formula is C23H20N2O6S. The molecule has 9 heteroatoms. The van der Waals surface area contributed by atoms with Crippen molar-refractivity contribution in [1.29, 1.82) is 0 Å². The second-order valence-corrected chi connectivity index (χ2v) is 8.81. The highest BCUT2D eigenvalue weighted by molar-refractivity contribution is 7.90. The number of methoxy groups -OCH3 is 1. The van der Waals surface area contributed by atoms with Gasteiger partial charge in [0.15, 0.2) is 0 Å². The van der Waals surface area contributed by atoms with Crippen LogP contribution in [0.2, 0.25) is 0 Å². The predicted octanol–water partition coefficient (Wildman–Crippen LogP) is 4.09. The Balaban J connectivity index is 1.71. The first kappa shape index (κ1) is 21.4. The zero-order chi connectivity index (χ0) is 22.7. The number of rotatable bonds is 8. The lowest BCUT2D eigenvalue weighted by Crippen LogP contribution is -2.11. The number of ether oxygens (including phenoxy) is 2. The van der Waals surface area contributed by atoms with Gasteiger partial charge in [0.25, 0.3) is 10.0 Å². The number of fused-ring (bicyclic) bond motifs is 1. The summed E-state index contributed by atoms with van der Waals surface area (Å²) < 4.78 is 38.9. The summed E-state index contributed by atoms with van der Waals surface area (Å²) in [6, 6.07) is 14.6. The number of pyridine rings is 1. The maximum absolute atomic E-state index is 13.4. The molecule has 0 radical (unpaired) electrons. The van der Waals surface area contributed by atoms with Crippen LogP contribution in [0.5, 0.6) is 17.2 Å². The van der Waals surface area contributed by atoms with Crippen LogP contribution in [0.25, 0.3) is 10.9 Å². The summed E-state index contributed by atoms with van der Waals surface area (Å²) in [7, 11) is -2.42. The Morgan fingerprint density at radius 1 is 1.06 bits per heavy atom. The van der Waals surface area contributed by atoms with Crippen LogP contribution in [0, 0.1) is 0 Å². The topological polar surface area (TPSA) is 108 Å². The van der Waals surface area contributed by atoms with Crippen molar-refractivity contribution in [3.63, 3.8) is 0 Å². The molecule has 1 N–H and O–H groups in total. The van der Waals surface area contributed by atoms with Gasteiger partial charge >= 0.3 is 5.97 Å². The first-order valence-electron chi connectivity index (χ1n) is 9.72. The molecule has 0 aliphatic heterocycles. The molecule has 164 valence electrons. The monoisotopic (exact) mass is 452 g/mol. The van der Waals surface area contributed by atoms with E-state index >= 15 is 0 Å². The number of hydrogen-bond acceptors (Lipinski definition) is 6. The molecule has 8 nitrogen and oxygen atoms in total. The average Bonchev–Trinajstić information content (AvgIpc) is 3.17. The summed E-state index contributed by atoms with van der Waals surface area (Å²) in [6.07, 6.45) is 4.74. The molecule has 0 atom stereocenters. The molecule has 0 saturated carbocycles. The molecule has 2 aromatic carbocycles. The maximum Gasteiger partial charge on any atom is 0.303 e. The van der Waals surface area contributed by atoms with Gasteiger partial charge in [-0.2, -0.15) is 0 Å². The number of carboxylic acid groups (broad SMARTS) is 1. The molecule has 0 spiro atoms. The lowest BCUT2D eigenvalue weighted by molar-refractivity contribution is -0.136. The predicted molar refractivity (Wildman–Crippen MR) is 118 cm³/mol. The van der Waals surface area contributed by atoms with Crippen molar-refractivity contribution in [2.75, 3.05) is 7.11 Å². The summed E-state index contributed by atoms with van der Waals surface area (Å²) in [4.78, 5) is 15.1. The number of benzene rings is 2. The van der Waals surface area contributed by atoms with Gasteiger partial charge in [0.2, 0.25) is 0 Å². The van der Waals surface area contributed by atoms with Gasteiger partial charge in [0.1, 0.15) is 17.2 Å². The Morgan fingerprint density at radius 3 is 2.47 bits per heavy atom. The molecule has 0 amide bonds. The largest absolute Gasteiger partial charge is 0.497 e. The molecule has 0 unspecified atom stereocenters. The fourth-order valence-corrected chi connectivity index (χ4v) is 4.74. The lowest BCUT2D eigenvalue weighted by atomic mass is 10.1. The third kappa shape index (κ3) is 4.28. The van der Waals surface area contributed by atoms with Crippen LogP contribution < -0.4 is 9.47 Å². The number of nitrogens with zero attached hydrogens (tertiary/aromatic N) is 2. The van der Waals surface area contributed by atoms with Gasteiger partial charge in [-0.3, -0.25) is 9.78 Å².